The Labute approximate surface area is 81.3 Å². The van der Waals surface area contributed by atoms with Crippen molar-refractivity contribution in [1.82, 2.24) is 0 Å². The summed E-state index contributed by atoms with van der Waals surface area (Å²) in [4.78, 5) is 10.7. The fourth-order valence-corrected chi connectivity index (χ4v) is 1.67. The van der Waals surface area contributed by atoms with Gasteiger partial charge in [0.25, 0.3) is 0 Å². The van der Waals surface area contributed by atoms with Gasteiger partial charge >= 0.3 is 5.97 Å². The van der Waals surface area contributed by atoms with E-state index in [2.05, 4.69) is 0 Å². The van der Waals surface area contributed by atoms with Gasteiger partial charge in [0.15, 0.2) is 0 Å². The fourth-order valence-electron chi connectivity index (χ4n) is 1.67. The monoisotopic (exact) mass is 193 g/mol. The molecule has 0 spiro atoms. The van der Waals surface area contributed by atoms with Crippen molar-refractivity contribution in [1.29, 1.82) is 0 Å². The average Bonchev–Trinajstić information content (AvgIpc) is 2.63. The maximum absolute atomic E-state index is 10.7. The molecule has 0 amide bonds. The van der Waals surface area contributed by atoms with E-state index in [0.717, 1.165) is 17.7 Å². The van der Waals surface area contributed by atoms with Crippen LogP contribution in [0.3, 0.4) is 0 Å². The molecule has 1 atom stereocenters. The van der Waals surface area contributed by atoms with E-state index in [1.807, 2.05) is 6.07 Å². The van der Waals surface area contributed by atoms with Crippen LogP contribution in [0.5, 0.6) is 5.75 Å². The summed E-state index contributed by atoms with van der Waals surface area (Å²) >= 11 is 0. The lowest BCUT2D eigenvalue weighted by molar-refractivity contribution is -0.138. The third kappa shape index (κ3) is 1.33. The van der Waals surface area contributed by atoms with Gasteiger partial charge in [0, 0.05) is 12.0 Å². The SMILES string of the molecule is NC(C(=O)O)c1cccc2c1CCO2. The predicted octanol–water partition coefficient (Wildman–Crippen LogP) is 0.706. The molecular formula is C10H11NO3. The van der Waals surface area contributed by atoms with E-state index < -0.39 is 12.0 Å². The van der Waals surface area contributed by atoms with E-state index in [4.69, 9.17) is 15.6 Å². The second-order valence-electron chi connectivity index (χ2n) is 3.24. The van der Waals surface area contributed by atoms with Crippen LogP contribution < -0.4 is 10.5 Å². The molecule has 0 aliphatic carbocycles. The Balaban J connectivity index is 2.44. The van der Waals surface area contributed by atoms with Gasteiger partial charge in [-0.15, -0.1) is 0 Å². The maximum Gasteiger partial charge on any atom is 0.325 e. The van der Waals surface area contributed by atoms with Crippen LogP contribution in [0.15, 0.2) is 18.2 Å². The summed E-state index contributed by atoms with van der Waals surface area (Å²) in [7, 11) is 0. The lowest BCUT2D eigenvalue weighted by Gasteiger charge is -2.10. The highest BCUT2D eigenvalue weighted by Gasteiger charge is 2.23. The van der Waals surface area contributed by atoms with E-state index in [1.54, 1.807) is 12.1 Å². The highest BCUT2D eigenvalue weighted by atomic mass is 16.5. The van der Waals surface area contributed by atoms with Crippen LogP contribution in [-0.4, -0.2) is 17.7 Å². The Kier molecular flexibility index (Phi) is 2.13. The zero-order valence-corrected chi connectivity index (χ0v) is 7.56. The first-order chi connectivity index (χ1) is 6.70. The van der Waals surface area contributed by atoms with Gasteiger partial charge < -0.3 is 15.6 Å². The van der Waals surface area contributed by atoms with Crippen LogP contribution in [-0.2, 0) is 11.2 Å². The molecule has 1 aromatic rings. The van der Waals surface area contributed by atoms with Crippen LogP contribution in [0.2, 0.25) is 0 Å². The minimum absolute atomic E-state index is 0.610. The van der Waals surface area contributed by atoms with Gasteiger partial charge in [0.05, 0.1) is 6.61 Å². The summed E-state index contributed by atoms with van der Waals surface area (Å²) in [5, 5.41) is 8.80. The molecular weight excluding hydrogens is 182 g/mol. The van der Waals surface area contributed by atoms with Crippen molar-refractivity contribution in [2.45, 2.75) is 12.5 Å². The number of fused-ring (bicyclic) bond motifs is 1. The minimum Gasteiger partial charge on any atom is -0.493 e. The Morgan fingerprint density at radius 2 is 2.36 bits per heavy atom. The van der Waals surface area contributed by atoms with Gasteiger partial charge in [-0.2, -0.15) is 0 Å². The van der Waals surface area contributed by atoms with Crippen molar-refractivity contribution in [2.24, 2.45) is 5.73 Å². The quantitative estimate of drug-likeness (QED) is 0.725. The Hall–Kier alpha value is -1.55. The van der Waals surface area contributed by atoms with E-state index in [0.29, 0.717) is 12.2 Å². The molecule has 1 aliphatic rings. The number of hydrogen-bond acceptors (Lipinski definition) is 3. The maximum atomic E-state index is 10.7. The molecule has 4 heteroatoms. The average molecular weight is 193 g/mol. The number of benzene rings is 1. The summed E-state index contributed by atoms with van der Waals surface area (Å²) < 4.78 is 5.32. The Bertz CT molecular complexity index is 376. The van der Waals surface area contributed by atoms with Crippen LogP contribution >= 0.6 is 0 Å². The topological polar surface area (TPSA) is 72.6 Å². The predicted molar refractivity (Wildman–Crippen MR) is 50.2 cm³/mol. The highest BCUT2D eigenvalue weighted by molar-refractivity contribution is 5.76. The van der Waals surface area contributed by atoms with Crippen molar-refractivity contribution in [3.05, 3.63) is 29.3 Å². The van der Waals surface area contributed by atoms with Crippen LogP contribution in [0, 0.1) is 0 Å². The van der Waals surface area contributed by atoms with Crippen molar-refractivity contribution in [2.75, 3.05) is 6.61 Å². The normalized spacial score (nSPS) is 15.8. The van der Waals surface area contributed by atoms with Crippen molar-refractivity contribution in [3.63, 3.8) is 0 Å². The number of nitrogens with two attached hydrogens (primary N) is 1. The third-order valence-corrected chi connectivity index (χ3v) is 2.38. The number of ether oxygens (including phenoxy) is 1. The Morgan fingerprint density at radius 1 is 1.57 bits per heavy atom. The second-order valence-corrected chi connectivity index (χ2v) is 3.24. The number of carboxylic acid groups (broad SMARTS) is 1. The van der Waals surface area contributed by atoms with Gasteiger partial charge in [-0.1, -0.05) is 12.1 Å². The minimum atomic E-state index is -1.01. The molecule has 0 saturated heterocycles. The van der Waals surface area contributed by atoms with E-state index in [9.17, 15) is 4.79 Å². The first-order valence-electron chi connectivity index (χ1n) is 4.43. The van der Waals surface area contributed by atoms with Gasteiger partial charge in [0.2, 0.25) is 0 Å². The van der Waals surface area contributed by atoms with Crippen LogP contribution in [0.25, 0.3) is 0 Å². The third-order valence-electron chi connectivity index (χ3n) is 2.38. The van der Waals surface area contributed by atoms with Gasteiger partial charge in [0.1, 0.15) is 11.8 Å². The smallest absolute Gasteiger partial charge is 0.325 e. The molecule has 0 saturated carbocycles. The van der Waals surface area contributed by atoms with Crippen molar-refractivity contribution < 1.29 is 14.6 Å². The number of hydrogen-bond donors (Lipinski definition) is 2. The first-order valence-corrected chi connectivity index (χ1v) is 4.43. The standard InChI is InChI=1S/C10H11NO3/c11-9(10(12)13)7-2-1-3-8-6(7)4-5-14-8/h1-3,9H,4-5,11H2,(H,12,13). The Morgan fingerprint density at radius 3 is 3.07 bits per heavy atom. The molecule has 0 fully saturated rings. The molecule has 0 aromatic heterocycles. The van der Waals surface area contributed by atoms with Gasteiger partial charge in [-0.25, -0.2) is 0 Å². The molecule has 1 aromatic carbocycles. The zero-order chi connectivity index (χ0) is 10.1. The van der Waals surface area contributed by atoms with Crippen molar-refractivity contribution >= 4 is 5.97 Å². The van der Waals surface area contributed by atoms with Crippen LogP contribution in [0.1, 0.15) is 17.2 Å². The van der Waals surface area contributed by atoms with Gasteiger partial charge in [-0.05, 0) is 11.6 Å². The number of aliphatic carboxylic acids is 1. The summed E-state index contributed by atoms with van der Waals surface area (Å²) in [5.41, 5.74) is 7.15. The molecule has 4 nitrogen and oxygen atoms in total. The summed E-state index contributed by atoms with van der Waals surface area (Å²) in [6, 6.07) is 4.39. The lowest BCUT2D eigenvalue weighted by Crippen LogP contribution is -2.21. The molecule has 0 bridgehead atoms. The molecule has 1 heterocycles. The number of carboxylic acids is 1. The summed E-state index contributed by atoms with van der Waals surface area (Å²) in [6.07, 6.45) is 0.743. The van der Waals surface area contributed by atoms with E-state index in [1.165, 1.54) is 0 Å². The second kappa shape index (κ2) is 3.31. The number of rotatable bonds is 2. The number of carbonyl (C=O) groups is 1. The lowest BCUT2D eigenvalue weighted by atomic mass is 9.99. The molecule has 1 unspecified atom stereocenters. The van der Waals surface area contributed by atoms with Crippen LogP contribution in [0.4, 0.5) is 0 Å². The van der Waals surface area contributed by atoms with Crippen molar-refractivity contribution in [3.8, 4) is 5.75 Å². The molecule has 0 radical (unpaired) electrons. The summed E-state index contributed by atoms with van der Waals surface area (Å²) in [6.45, 7) is 0.610. The molecule has 3 N–H and O–H groups in total. The highest BCUT2D eigenvalue weighted by Crippen LogP contribution is 2.30. The molecule has 1 aliphatic heterocycles. The molecule has 14 heavy (non-hydrogen) atoms. The van der Waals surface area contributed by atoms with E-state index in [-0.39, 0.29) is 0 Å². The zero-order valence-electron chi connectivity index (χ0n) is 7.56. The largest absolute Gasteiger partial charge is 0.493 e. The molecule has 2 rings (SSSR count). The van der Waals surface area contributed by atoms with E-state index >= 15 is 0 Å². The fraction of sp³-hybridized carbons (Fsp3) is 0.300. The first kappa shape index (κ1) is 9.02. The van der Waals surface area contributed by atoms with Gasteiger partial charge in [-0.3, -0.25) is 4.79 Å². The molecule has 74 valence electrons. The summed E-state index contributed by atoms with van der Waals surface area (Å²) in [5.74, 6) is -0.246.